The van der Waals surface area contributed by atoms with Gasteiger partial charge in [-0.3, -0.25) is 14.5 Å². The molecule has 0 spiro atoms. The van der Waals surface area contributed by atoms with Gasteiger partial charge in [-0.1, -0.05) is 27.7 Å². The number of carbonyl (C=O) groups is 2. The molecule has 0 radical (unpaired) electrons. The fourth-order valence-electron chi connectivity index (χ4n) is 3.85. The Bertz CT molecular complexity index is 502. The Labute approximate surface area is 160 Å². The molecule has 150 valence electrons. The van der Waals surface area contributed by atoms with Crippen molar-refractivity contribution in [2.75, 3.05) is 39.3 Å². The highest BCUT2D eigenvalue weighted by Crippen LogP contribution is 2.28. The summed E-state index contributed by atoms with van der Waals surface area (Å²) in [4.78, 5) is 32.0. The summed E-state index contributed by atoms with van der Waals surface area (Å²) in [6.45, 7) is 19.8. The van der Waals surface area contributed by atoms with Gasteiger partial charge in [-0.25, -0.2) is 0 Å². The SMILES string of the molecule is CC(C(=O)N1CCN(C(=O)C2CCN(C(C)(C)C)CC2)CC1)C(C)(C)C. The Balaban J connectivity index is 1.83. The van der Waals surface area contributed by atoms with Crippen molar-refractivity contribution in [3.63, 3.8) is 0 Å². The minimum atomic E-state index is -0.0228. The molecule has 2 amide bonds. The monoisotopic (exact) mass is 365 g/mol. The largest absolute Gasteiger partial charge is 0.339 e. The van der Waals surface area contributed by atoms with Crippen LogP contribution in [0.5, 0.6) is 0 Å². The summed E-state index contributed by atoms with van der Waals surface area (Å²) < 4.78 is 0. The van der Waals surface area contributed by atoms with Crippen LogP contribution in [0.25, 0.3) is 0 Å². The summed E-state index contributed by atoms with van der Waals surface area (Å²) in [5, 5.41) is 0. The molecule has 2 saturated heterocycles. The van der Waals surface area contributed by atoms with E-state index < -0.39 is 0 Å². The summed E-state index contributed by atoms with van der Waals surface area (Å²) in [5.74, 6) is 0.688. The maximum Gasteiger partial charge on any atom is 0.226 e. The van der Waals surface area contributed by atoms with Crippen LogP contribution in [0.3, 0.4) is 0 Å². The molecule has 1 atom stereocenters. The highest BCUT2D eigenvalue weighted by Gasteiger charge is 2.35. The van der Waals surface area contributed by atoms with Gasteiger partial charge in [0.1, 0.15) is 0 Å². The van der Waals surface area contributed by atoms with Crippen LogP contribution in [0.15, 0.2) is 0 Å². The van der Waals surface area contributed by atoms with Gasteiger partial charge >= 0.3 is 0 Å². The van der Waals surface area contributed by atoms with Crippen LogP contribution < -0.4 is 0 Å². The lowest BCUT2D eigenvalue weighted by Gasteiger charge is -2.43. The lowest BCUT2D eigenvalue weighted by molar-refractivity contribution is -0.146. The van der Waals surface area contributed by atoms with E-state index in [1.54, 1.807) is 0 Å². The molecule has 5 nitrogen and oxygen atoms in total. The quantitative estimate of drug-likeness (QED) is 0.756. The molecule has 0 aromatic rings. The van der Waals surface area contributed by atoms with E-state index in [0.717, 1.165) is 25.9 Å². The molecule has 0 N–H and O–H groups in total. The van der Waals surface area contributed by atoms with Gasteiger partial charge < -0.3 is 9.80 Å². The van der Waals surface area contributed by atoms with E-state index in [0.29, 0.717) is 32.1 Å². The van der Waals surface area contributed by atoms with E-state index >= 15 is 0 Å². The summed E-state index contributed by atoms with van der Waals surface area (Å²) >= 11 is 0. The molecule has 5 heteroatoms. The standard InChI is InChI=1S/C21H39N3O2/c1-16(20(2,3)4)18(25)22-12-14-23(15-13-22)19(26)17-8-10-24(11-9-17)21(5,6)7/h16-17H,8-15H2,1-7H3. The number of nitrogens with zero attached hydrogens (tertiary/aromatic N) is 3. The summed E-state index contributed by atoms with van der Waals surface area (Å²) in [6.07, 6.45) is 1.91. The Hall–Kier alpha value is -1.10. The van der Waals surface area contributed by atoms with Gasteiger partial charge in [0.05, 0.1) is 0 Å². The lowest BCUT2D eigenvalue weighted by Crippen LogP contribution is -2.55. The predicted octanol–water partition coefficient (Wildman–Crippen LogP) is 2.85. The summed E-state index contributed by atoms with van der Waals surface area (Å²) in [7, 11) is 0. The fraction of sp³-hybridized carbons (Fsp3) is 0.905. The van der Waals surface area contributed by atoms with Crippen LogP contribution in [0.1, 0.15) is 61.3 Å². The zero-order chi connectivity index (χ0) is 19.7. The van der Waals surface area contributed by atoms with E-state index in [-0.39, 0.29) is 28.7 Å². The first-order chi connectivity index (χ1) is 11.9. The molecule has 2 rings (SSSR count). The van der Waals surface area contributed by atoms with E-state index in [9.17, 15) is 9.59 Å². The molecular weight excluding hydrogens is 326 g/mol. The maximum absolute atomic E-state index is 12.9. The normalized spacial score (nSPS) is 22.4. The van der Waals surface area contributed by atoms with Crippen molar-refractivity contribution in [3.05, 3.63) is 0 Å². The molecule has 0 bridgehead atoms. The predicted molar refractivity (Wildman–Crippen MR) is 106 cm³/mol. The number of hydrogen-bond donors (Lipinski definition) is 0. The number of hydrogen-bond acceptors (Lipinski definition) is 3. The molecule has 2 heterocycles. The summed E-state index contributed by atoms with van der Waals surface area (Å²) in [5.41, 5.74) is 0.162. The van der Waals surface area contributed by atoms with Crippen molar-refractivity contribution in [2.45, 2.75) is 66.8 Å². The second kappa shape index (κ2) is 7.87. The number of carbonyl (C=O) groups excluding carboxylic acids is 2. The second-order valence-corrected chi connectivity index (χ2v) is 10.2. The Morgan fingerprint density at radius 1 is 0.808 bits per heavy atom. The fourth-order valence-corrected chi connectivity index (χ4v) is 3.85. The van der Waals surface area contributed by atoms with Crippen LogP contribution >= 0.6 is 0 Å². The van der Waals surface area contributed by atoms with Crippen molar-refractivity contribution in [3.8, 4) is 0 Å². The molecule has 1 unspecified atom stereocenters. The van der Waals surface area contributed by atoms with Crippen LogP contribution in [-0.2, 0) is 9.59 Å². The third kappa shape index (κ3) is 4.99. The van der Waals surface area contributed by atoms with Crippen LogP contribution in [0, 0.1) is 17.3 Å². The van der Waals surface area contributed by atoms with Gasteiger partial charge in [-0.15, -0.1) is 0 Å². The zero-order valence-electron chi connectivity index (χ0n) is 18.0. The number of piperidine rings is 1. The first kappa shape index (κ1) is 21.2. The minimum Gasteiger partial charge on any atom is -0.339 e. The minimum absolute atomic E-state index is 0.00600. The van der Waals surface area contributed by atoms with Crippen molar-refractivity contribution >= 4 is 11.8 Å². The number of piperazine rings is 1. The van der Waals surface area contributed by atoms with E-state index in [2.05, 4.69) is 46.4 Å². The topological polar surface area (TPSA) is 43.9 Å². The molecule has 26 heavy (non-hydrogen) atoms. The van der Waals surface area contributed by atoms with E-state index in [4.69, 9.17) is 0 Å². The van der Waals surface area contributed by atoms with Crippen LogP contribution in [0.4, 0.5) is 0 Å². The van der Waals surface area contributed by atoms with Gasteiger partial charge in [-0.2, -0.15) is 0 Å². The zero-order valence-corrected chi connectivity index (χ0v) is 18.0. The van der Waals surface area contributed by atoms with Crippen molar-refractivity contribution in [2.24, 2.45) is 17.3 Å². The van der Waals surface area contributed by atoms with E-state index in [1.807, 2.05) is 16.7 Å². The maximum atomic E-state index is 12.9. The lowest BCUT2D eigenvalue weighted by atomic mass is 9.81. The third-order valence-corrected chi connectivity index (χ3v) is 6.37. The highest BCUT2D eigenvalue weighted by atomic mass is 16.2. The molecule has 0 saturated carbocycles. The average Bonchev–Trinajstić information content (AvgIpc) is 2.58. The molecule has 2 fully saturated rings. The molecule has 2 aliphatic heterocycles. The van der Waals surface area contributed by atoms with Gasteiger partial charge in [-0.05, 0) is 52.1 Å². The van der Waals surface area contributed by atoms with Gasteiger partial charge in [0.25, 0.3) is 0 Å². The first-order valence-electron chi connectivity index (χ1n) is 10.2. The molecule has 0 aromatic heterocycles. The van der Waals surface area contributed by atoms with Crippen LogP contribution in [0.2, 0.25) is 0 Å². The molecule has 2 aliphatic rings. The third-order valence-electron chi connectivity index (χ3n) is 6.37. The number of amides is 2. The van der Waals surface area contributed by atoms with Crippen molar-refractivity contribution < 1.29 is 9.59 Å². The Kier molecular flexibility index (Phi) is 6.42. The van der Waals surface area contributed by atoms with E-state index in [1.165, 1.54) is 0 Å². The van der Waals surface area contributed by atoms with Crippen molar-refractivity contribution in [1.29, 1.82) is 0 Å². The Morgan fingerprint density at radius 2 is 1.27 bits per heavy atom. The molecular formula is C21H39N3O2. The highest BCUT2D eigenvalue weighted by molar-refractivity contribution is 5.81. The van der Waals surface area contributed by atoms with Gasteiger partial charge in [0.15, 0.2) is 0 Å². The smallest absolute Gasteiger partial charge is 0.226 e. The second-order valence-electron chi connectivity index (χ2n) is 10.2. The van der Waals surface area contributed by atoms with Crippen molar-refractivity contribution in [1.82, 2.24) is 14.7 Å². The molecule has 0 aliphatic carbocycles. The number of rotatable bonds is 2. The average molecular weight is 366 g/mol. The van der Waals surface area contributed by atoms with Crippen LogP contribution in [-0.4, -0.2) is 71.3 Å². The van der Waals surface area contributed by atoms with Gasteiger partial charge in [0.2, 0.25) is 11.8 Å². The first-order valence-corrected chi connectivity index (χ1v) is 10.2. The molecule has 0 aromatic carbocycles. The van der Waals surface area contributed by atoms with Gasteiger partial charge in [0, 0.05) is 43.6 Å². The number of likely N-dealkylation sites (tertiary alicyclic amines) is 1. The Morgan fingerprint density at radius 3 is 1.69 bits per heavy atom. The summed E-state index contributed by atoms with van der Waals surface area (Å²) in [6, 6.07) is 0.